The molecule has 0 aromatic carbocycles. The first-order valence-corrected chi connectivity index (χ1v) is 9.19. The van der Waals surface area contributed by atoms with E-state index >= 15 is 0 Å². The summed E-state index contributed by atoms with van der Waals surface area (Å²) in [5, 5.41) is 8.18. The van der Waals surface area contributed by atoms with Crippen LogP contribution in [-0.4, -0.2) is 43.8 Å². The molecule has 4 heterocycles. The van der Waals surface area contributed by atoms with E-state index in [0.717, 1.165) is 18.5 Å². The molecule has 9 heteroatoms. The number of carbonyl (C=O) groups is 1. The summed E-state index contributed by atoms with van der Waals surface area (Å²) in [5.74, 6) is -0.233. The average Bonchev–Trinajstić information content (AvgIpc) is 3.23. The molecule has 0 radical (unpaired) electrons. The highest BCUT2D eigenvalue weighted by molar-refractivity contribution is 5.95. The predicted octanol–water partition coefficient (Wildman–Crippen LogP) is 3.53. The Balaban J connectivity index is 1.65. The van der Waals surface area contributed by atoms with Gasteiger partial charge < -0.3 is 9.42 Å². The number of nitrogens with zero attached hydrogens (tertiary/aromatic N) is 5. The Kier molecular flexibility index (Phi) is 4.60. The molecule has 7 nitrogen and oxygen atoms in total. The van der Waals surface area contributed by atoms with Crippen LogP contribution in [0.3, 0.4) is 0 Å². The molecular weight excluding hydrogens is 368 g/mol. The minimum atomic E-state index is -2.65. The van der Waals surface area contributed by atoms with Crippen molar-refractivity contribution >= 4 is 17.0 Å². The van der Waals surface area contributed by atoms with E-state index in [1.54, 1.807) is 29.7 Å². The van der Waals surface area contributed by atoms with Crippen molar-refractivity contribution in [1.82, 2.24) is 24.8 Å². The van der Waals surface area contributed by atoms with Crippen LogP contribution in [0.25, 0.3) is 11.1 Å². The van der Waals surface area contributed by atoms with E-state index in [0.29, 0.717) is 30.0 Å². The van der Waals surface area contributed by atoms with Crippen molar-refractivity contribution in [1.29, 1.82) is 0 Å². The minimum absolute atomic E-state index is 0.0963. The van der Waals surface area contributed by atoms with Gasteiger partial charge in [-0.25, -0.2) is 13.8 Å². The molecule has 1 saturated heterocycles. The maximum absolute atomic E-state index is 13.6. The van der Waals surface area contributed by atoms with Crippen LogP contribution in [0.4, 0.5) is 8.78 Å². The van der Waals surface area contributed by atoms with Crippen molar-refractivity contribution in [2.45, 2.75) is 39.0 Å². The Hall–Kier alpha value is -2.84. The maximum Gasteiger partial charge on any atom is 0.264 e. The SMILES string of the molecule is Cc1noc2nc([C@H]3CCCN(C(=O)c4cnn(C)c4C)C3)cc(C(F)F)c12. The van der Waals surface area contributed by atoms with E-state index in [-0.39, 0.29) is 28.5 Å². The van der Waals surface area contributed by atoms with Crippen molar-refractivity contribution in [2.75, 3.05) is 13.1 Å². The van der Waals surface area contributed by atoms with Crippen LogP contribution in [0.15, 0.2) is 16.8 Å². The first-order valence-electron chi connectivity index (χ1n) is 9.19. The van der Waals surface area contributed by atoms with Gasteiger partial charge in [0.2, 0.25) is 0 Å². The molecule has 1 atom stereocenters. The monoisotopic (exact) mass is 389 g/mol. The highest BCUT2D eigenvalue weighted by Crippen LogP contribution is 2.34. The lowest BCUT2D eigenvalue weighted by molar-refractivity contribution is 0.0704. The quantitative estimate of drug-likeness (QED) is 0.685. The van der Waals surface area contributed by atoms with E-state index in [2.05, 4.69) is 15.2 Å². The van der Waals surface area contributed by atoms with Crippen LogP contribution >= 0.6 is 0 Å². The summed E-state index contributed by atoms with van der Waals surface area (Å²) in [6, 6.07) is 1.44. The number of hydrogen-bond donors (Lipinski definition) is 0. The molecule has 1 aliphatic rings. The van der Waals surface area contributed by atoms with Crippen molar-refractivity contribution in [3.8, 4) is 0 Å². The van der Waals surface area contributed by atoms with Crippen LogP contribution < -0.4 is 0 Å². The fourth-order valence-electron chi connectivity index (χ4n) is 3.81. The average molecular weight is 389 g/mol. The van der Waals surface area contributed by atoms with Crippen LogP contribution in [0.2, 0.25) is 0 Å². The van der Waals surface area contributed by atoms with Crippen molar-refractivity contribution < 1.29 is 18.1 Å². The first-order chi connectivity index (χ1) is 13.4. The summed E-state index contributed by atoms with van der Waals surface area (Å²) < 4.78 is 34.0. The normalized spacial score (nSPS) is 17.6. The number of fused-ring (bicyclic) bond motifs is 1. The van der Waals surface area contributed by atoms with Gasteiger partial charge in [0.25, 0.3) is 18.0 Å². The van der Waals surface area contributed by atoms with E-state index in [1.165, 1.54) is 6.07 Å². The smallest absolute Gasteiger partial charge is 0.264 e. The number of alkyl halides is 2. The number of pyridine rings is 1. The van der Waals surface area contributed by atoms with Gasteiger partial charge >= 0.3 is 0 Å². The number of amides is 1. The Morgan fingerprint density at radius 3 is 2.82 bits per heavy atom. The molecule has 4 rings (SSSR count). The molecule has 1 aliphatic heterocycles. The lowest BCUT2D eigenvalue weighted by Crippen LogP contribution is -2.39. The van der Waals surface area contributed by atoms with Gasteiger partial charge in [0.1, 0.15) is 0 Å². The zero-order valence-corrected chi connectivity index (χ0v) is 15.9. The van der Waals surface area contributed by atoms with Crippen LogP contribution in [-0.2, 0) is 7.05 Å². The summed E-state index contributed by atoms with van der Waals surface area (Å²) in [6.07, 6.45) is 0.457. The molecule has 28 heavy (non-hydrogen) atoms. The van der Waals surface area contributed by atoms with E-state index < -0.39 is 6.43 Å². The number of piperidine rings is 1. The van der Waals surface area contributed by atoms with Gasteiger partial charge in [-0.3, -0.25) is 9.48 Å². The summed E-state index contributed by atoms with van der Waals surface area (Å²) in [6.45, 7) is 4.51. The lowest BCUT2D eigenvalue weighted by atomic mass is 9.92. The Morgan fingerprint density at radius 1 is 1.36 bits per heavy atom. The number of rotatable bonds is 3. The van der Waals surface area contributed by atoms with E-state index in [1.807, 2.05) is 6.92 Å². The van der Waals surface area contributed by atoms with E-state index in [4.69, 9.17) is 4.52 Å². The molecule has 0 N–H and O–H groups in total. The van der Waals surface area contributed by atoms with Gasteiger partial charge in [0, 0.05) is 43.0 Å². The largest absolute Gasteiger partial charge is 0.338 e. The Labute approximate surface area is 160 Å². The second kappa shape index (κ2) is 6.96. The van der Waals surface area contributed by atoms with Crippen molar-refractivity contribution in [2.24, 2.45) is 7.05 Å². The molecule has 148 valence electrons. The molecule has 3 aromatic heterocycles. The zero-order valence-electron chi connectivity index (χ0n) is 15.9. The molecule has 1 amide bonds. The van der Waals surface area contributed by atoms with Gasteiger partial charge in [0.15, 0.2) is 0 Å². The zero-order chi connectivity index (χ0) is 20.0. The Morgan fingerprint density at radius 2 is 2.14 bits per heavy atom. The number of halogens is 2. The third-order valence-electron chi connectivity index (χ3n) is 5.50. The number of hydrogen-bond acceptors (Lipinski definition) is 5. The second-order valence-electron chi connectivity index (χ2n) is 7.24. The molecule has 3 aromatic rings. The second-order valence-corrected chi connectivity index (χ2v) is 7.24. The summed E-state index contributed by atoms with van der Waals surface area (Å²) in [4.78, 5) is 19.1. The highest BCUT2D eigenvalue weighted by atomic mass is 19.3. The van der Waals surface area contributed by atoms with E-state index in [9.17, 15) is 13.6 Å². The van der Waals surface area contributed by atoms with Gasteiger partial charge in [-0.1, -0.05) is 5.16 Å². The molecule has 0 bridgehead atoms. The van der Waals surface area contributed by atoms with Gasteiger partial charge in [0.05, 0.1) is 22.8 Å². The topological polar surface area (TPSA) is 77.1 Å². The molecular formula is C19H21F2N5O2. The highest BCUT2D eigenvalue weighted by Gasteiger charge is 2.30. The van der Waals surface area contributed by atoms with Crippen LogP contribution in [0, 0.1) is 13.8 Å². The van der Waals surface area contributed by atoms with Crippen molar-refractivity contribution in [3.05, 3.63) is 40.5 Å². The minimum Gasteiger partial charge on any atom is -0.338 e. The van der Waals surface area contributed by atoms with Crippen LogP contribution in [0.1, 0.15) is 58.2 Å². The fourth-order valence-corrected chi connectivity index (χ4v) is 3.81. The number of aromatic nitrogens is 4. The first kappa shape index (κ1) is 18.5. The number of likely N-dealkylation sites (tertiary alicyclic amines) is 1. The third-order valence-corrected chi connectivity index (χ3v) is 5.50. The predicted molar refractivity (Wildman–Crippen MR) is 97.3 cm³/mol. The molecule has 1 fully saturated rings. The third kappa shape index (κ3) is 3.04. The maximum atomic E-state index is 13.6. The number of carbonyl (C=O) groups excluding carboxylic acids is 1. The van der Waals surface area contributed by atoms with Crippen LogP contribution in [0.5, 0.6) is 0 Å². The number of aryl methyl sites for hydroxylation is 2. The summed E-state index contributed by atoms with van der Waals surface area (Å²) in [5.41, 5.74) is 2.27. The Bertz CT molecular complexity index is 1040. The summed E-state index contributed by atoms with van der Waals surface area (Å²) >= 11 is 0. The lowest BCUT2D eigenvalue weighted by Gasteiger charge is -2.32. The van der Waals surface area contributed by atoms with Gasteiger partial charge in [-0.05, 0) is 32.8 Å². The molecule has 0 spiro atoms. The van der Waals surface area contributed by atoms with Gasteiger partial charge in [-0.2, -0.15) is 5.10 Å². The van der Waals surface area contributed by atoms with Gasteiger partial charge in [-0.15, -0.1) is 0 Å². The standard InChI is InChI=1S/C19H21F2N5O2/c1-10-16-13(17(20)21)7-15(23-18(16)28-24-10)12-5-4-6-26(9-12)19(27)14-8-22-25(3)11(14)2/h7-8,12,17H,4-6,9H2,1-3H3/t12-/m0/s1. The summed E-state index contributed by atoms with van der Waals surface area (Å²) in [7, 11) is 1.79. The van der Waals surface area contributed by atoms with Crippen molar-refractivity contribution in [3.63, 3.8) is 0 Å². The fraction of sp³-hybridized carbons (Fsp3) is 0.474. The molecule has 0 unspecified atom stereocenters. The molecule has 0 saturated carbocycles. The molecule has 0 aliphatic carbocycles.